The number of benzene rings is 1. The quantitative estimate of drug-likeness (QED) is 0.839. The third kappa shape index (κ3) is 4.16. The van der Waals surface area contributed by atoms with Crippen LogP contribution in [0.5, 0.6) is 0 Å². The van der Waals surface area contributed by atoms with Crippen molar-refractivity contribution in [1.82, 2.24) is 4.31 Å². The van der Waals surface area contributed by atoms with Crippen LogP contribution in [0.25, 0.3) is 0 Å². The highest BCUT2D eigenvalue weighted by Gasteiger charge is 2.30. The fraction of sp³-hybridized carbons (Fsp3) is 0.421. The first-order valence-corrected chi connectivity index (χ1v) is 11.2. The summed E-state index contributed by atoms with van der Waals surface area (Å²) in [5.41, 5.74) is 1.93. The Morgan fingerprint density at radius 1 is 1.15 bits per heavy atom. The van der Waals surface area contributed by atoms with Gasteiger partial charge >= 0.3 is 0 Å². The standard InChI is InChI=1S/C19H24N2O3S2/c1-14(2)19(22)20-17-3-5-18(6-4-17)26(23,24)21-10-7-15(8-11-21)16-9-12-25-13-16/h3-6,9,12-15H,7-8,10-11H2,1-2H3,(H,20,22). The van der Waals surface area contributed by atoms with Crippen molar-refractivity contribution in [3.63, 3.8) is 0 Å². The van der Waals surface area contributed by atoms with E-state index in [9.17, 15) is 13.2 Å². The van der Waals surface area contributed by atoms with Gasteiger partial charge in [0.1, 0.15) is 0 Å². The number of amides is 1. The van der Waals surface area contributed by atoms with Gasteiger partial charge in [0, 0.05) is 24.7 Å². The number of nitrogens with one attached hydrogen (secondary N) is 1. The molecule has 1 saturated heterocycles. The molecule has 5 nitrogen and oxygen atoms in total. The molecule has 7 heteroatoms. The van der Waals surface area contributed by atoms with E-state index in [2.05, 4.69) is 22.1 Å². The summed E-state index contributed by atoms with van der Waals surface area (Å²) in [4.78, 5) is 12.0. The molecular weight excluding hydrogens is 368 g/mol. The van der Waals surface area contributed by atoms with E-state index in [1.54, 1.807) is 39.9 Å². The molecule has 0 atom stereocenters. The van der Waals surface area contributed by atoms with E-state index in [-0.39, 0.29) is 16.7 Å². The van der Waals surface area contributed by atoms with E-state index in [0.29, 0.717) is 24.7 Å². The second kappa shape index (κ2) is 7.90. The number of hydrogen-bond acceptors (Lipinski definition) is 4. The molecule has 0 aliphatic carbocycles. The lowest BCUT2D eigenvalue weighted by atomic mass is 9.92. The molecule has 1 amide bonds. The lowest BCUT2D eigenvalue weighted by Crippen LogP contribution is -2.37. The number of rotatable bonds is 5. The summed E-state index contributed by atoms with van der Waals surface area (Å²) in [7, 11) is -3.49. The van der Waals surface area contributed by atoms with Crippen LogP contribution in [0.2, 0.25) is 0 Å². The van der Waals surface area contributed by atoms with Crippen LogP contribution in [0.15, 0.2) is 46.0 Å². The molecule has 1 aliphatic heterocycles. The van der Waals surface area contributed by atoms with E-state index < -0.39 is 10.0 Å². The van der Waals surface area contributed by atoms with E-state index in [4.69, 9.17) is 0 Å². The van der Waals surface area contributed by atoms with Crippen molar-refractivity contribution in [1.29, 1.82) is 0 Å². The van der Waals surface area contributed by atoms with E-state index in [1.807, 2.05) is 13.8 Å². The zero-order chi connectivity index (χ0) is 18.7. The number of carbonyl (C=O) groups is 1. The van der Waals surface area contributed by atoms with Crippen molar-refractivity contribution in [2.75, 3.05) is 18.4 Å². The second-order valence-corrected chi connectivity index (χ2v) is 9.62. The molecular formula is C19H24N2O3S2. The highest BCUT2D eigenvalue weighted by Crippen LogP contribution is 2.31. The van der Waals surface area contributed by atoms with E-state index in [0.717, 1.165) is 12.8 Å². The van der Waals surface area contributed by atoms with Crippen molar-refractivity contribution in [2.45, 2.75) is 37.5 Å². The monoisotopic (exact) mass is 392 g/mol. The molecule has 26 heavy (non-hydrogen) atoms. The van der Waals surface area contributed by atoms with Gasteiger partial charge < -0.3 is 5.32 Å². The van der Waals surface area contributed by atoms with Gasteiger partial charge in [-0.05, 0) is 65.4 Å². The normalized spacial score (nSPS) is 16.7. The van der Waals surface area contributed by atoms with E-state index >= 15 is 0 Å². The number of piperidine rings is 1. The van der Waals surface area contributed by atoms with Gasteiger partial charge in [0.15, 0.2) is 0 Å². The van der Waals surface area contributed by atoms with Gasteiger partial charge in [0.2, 0.25) is 15.9 Å². The van der Waals surface area contributed by atoms with Crippen molar-refractivity contribution >= 4 is 33.0 Å². The maximum atomic E-state index is 12.9. The van der Waals surface area contributed by atoms with Crippen LogP contribution in [0, 0.1) is 5.92 Å². The molecule has 3 rings (SSSR count). The van der Waals surface area contributed by atoms with Crippen LogP contribution >= 0.6 is 11.3 Å². The molecule has 1 aromatic carbocycles. The topological polar surface area (TPSA) is 66.5 Å². The Balaban J connectivity index is 1.66. The van der Waals surface area contributed by atoms with Crippen LogP contribution in [0.3, 0.4) is 0 Å². The smallest absolute Gasteiger partial charge is 0.243 e. The summed E-state index contributed by atoms with van der Waals surface area (Å²) in [6.07, 6.45) is 1.69. The maximum absolute atomic E-state index is 12.9. The highest BCUT2D eigenvalue weighted by molar-refractivity contribution is 7.89. The summed E-state index contributed by atoms with van der Waals surface area (Å²) in [6, 6.07) is 8.55. The Kier molecular flexibility index (Phi) is 5.79. The first-order chi connectivity index (χ1) is 12.4. The predicted molar refractivity (Wildman–Crippen MR) is 105 cm³/mol. The zero-order valence-corrected chi connectivity index (χ0v) is 16.6. The van der Waals surface area contributed by atoms with Crippen LogP contribution in [0.1, 0.15) is 38.2 Å². The van der Waals surface area contributed by atoms with Gasteiger partial charge in [0.25, 0.3) is 0 Å². The Morgan fingerprint density at radius 2 is 1.81 bits per heavy atom. The number of hydrogen-bond donors (Lipinski definition) is 1. The molecule has 0 unspecified atom stereocenters. The Labute approximate surface area is 159 Å². The molecule has 0 radical (unpaired) electrons. The van der Waals surface area contributed by atoms with Crippen LogP contribution in [-0.2, 0) is 14.8 Å². The third-order valence-corrected chi connectivity index (χ3v) is 7.37. The Hall–Kier alpha value is -1.70. The molecule has 0 spiro atoms. The number of thiophene rings is 1. The van der Waals surface area contributed by atoms with Gasteiger partial charge in [-0.25, -0.2) is 8.42 Å². The molecule has 1 aromatic heterocycles. The van der Waals surface area contributed by atoms with Gasteiger partial charge in [0.05, 0.1) is 4.90 Å². The molecule has 140 valence electrons. The number of anilines is 1. The number of nitrogens with zero attached hydrogens (tertiary/aromatic N) is 1. The fourth-order valence-corrected chi connectivity index (χ4v) is 5.29. The highest BCUT2D eigenvalue weighted by atomic mass is 32.2. The summed E-state index contributed by atoms with van der Waals surface area (Å²) in [6.45, 7) is 4.70. The minimum atomic E-state index is -3.49. The summed E-state index contributed by atoms with van der Waals surface area (Å²) < 4.78 is 27.3. The molecule has 1 aliphatic rings. The van der Waals surface area contributed by atoms with Crippen LogP contribution in [0.4, 0.5) is 5.69 Å². The Bertz CT molecular complexity index is 835. The van der Waals surface area contributed by atoms with Gasteiger partial charge in [-0.1, -0.05) is 13.8 Å². The van der Waals surface area contributed by atoms with Gasteiger partial charge in [-0.15, -0.1) is 0 Å². The predicted octanol–water partition coefficient (Wildman–Crippen LogP) is 3.91. The largest absolute Gasteiger partial charge is 0.326 e. The number of carbonyl (C=O) groups excluding carboxylic acids is 1. The molecule has 0 bridgehead atoms. The summed E-state index contributed by atoms with van der Waals surface area (Å²) in [5.74, 6) is 0.236. The van der Waals surface area contributed by atoms with Crippen molar-refractivity contribution in [2.24, 2.45) is 5.92 Å². The second-order valence-electron chi connectivity index (χ2n) is 6.90. The zero-order valence-electron chi connectivity index (χ0n) is 15.0. The molecule has 1 N–H and O–H groups in total. The SMILES string of the molecule is CC(C)C(=O)Nc1ccc(S(=O)(=O)N2CCC(c3ccsc3)CC2)cc1. The minimum Gasteiger partial charge on any atom is -0.326 e. The van der Waals surface area contributed by atoms with Crippen LogP contribution in [-0.4, -0.2) is 31.7 Å². The fourth-order valence-electron chi connectivity index (χ4n) is 3.08. The minimum absolute atomic E-state index is 0.0869. The maximum Gasteiger partial charge on any atom is 0.243 e. The summed E-state index contributed by atoms with van der Waals surface area (Å²) >= 11 is 1.68. The third-order valence-electron chi connectivity index (χ3n) is 4.75. The lowest BCUT2D eigenvalue weighted by Gasteiger charge is -2.31. The molecule has 0 saturated carbocycles. The summed E-state index contributed by atoms with van der Waals surface area (Å²) in [5, 5.41) is 6.99. The average Bonchev–Trinajstić information content (AvgIpc) is 3.17. The van der Waals surface area contributed by atoms with Crippen molar-refractivity contribution in [3.8, 4) is 0 Å². The van der Waals surface area contributed by atoms with Gasteiger partial charge in [-0.2, -0.15) is 15.6 Å². The first kappa shape index (κ1) is 19.1. The van der Waals surface area contributed by atoms with Crippen molar-refractivity contribution < 1.29 is 13.2 Å². The lowest BCUT2D eigenvalue weighted by molar-refractivity contribution is -0.118. The Morgan fingerprint density at radius 3 is 2.35 bits per heavy atom. The van der Waals surface area contributed by atoms with E-state index in [1.165, 1.54) is 5.56 Å². The van der Waals surface area contributed by atoms with Gasteiger partial charge in [-0.3, -0.25) is 4.79 Å². The molecule has 2 heterocycles. The average molecular weight is 393 g/mol. The molecule has 2 aromatic rings. The van der Waals surface area contributed by atoms with Crippen molar-refractivity contribution in [3.05, 3.63) is 46.7 Å². The number of sulfonamides is 1. The first-order valence-electron chi connectivity index (χ1n) is 8.81. The van der Waals surface area contributed by atoms with Crippen LogP contribution < -0.4 is 5.32 Å². The molecule has 1 fully saturated rings.